The Bertz CT molecular complexity index is 700. The van der Waals surface area contributed by atoms with Gasteiger partial charge in [0.05, 0.1) is 12.2 Å². The van der Waals surface area contributed by atoms with E-state index in [1.54, 1.807) is 0 Å². The number of terminal acetylenes is 1. The zero-order valence-electron chi connectivity index (χ0n) is 17.2. The maximum Gasteiger partial charge on any atom is 0.303 e. The van der Waals surface area contributed by atoms with Gasteiger partial charge in [-0.05, 0) is 68.1 Å². The molecule has 4 aliphatic carbocycles. The zero-order valence-corrected chi connectivity index (χ0v) is 17.2. The monoisotopic (exact) mass is 390 g/mol. The van der Waals surface area contributed by atoms with Crippen LogP contribution in [0, 0.1) is 46.8 Å². The molecule has 28 heavy (non-hydrogen) atoms. The molecule has 1 unspecified atom stereocenters. The number of hydrogen-bond donors (Lipinski definition) is 3. The fraction of sp³-hybridized carbons (Fsp3) is 0.870. The lowest BCUT2D eigenvalue weighted by atomic mass is 9.44. The Balaban J connectivity index is 1.66. The molecule has 4 rings (SSSR count). The number of fused-ring (bicyclic) bond motifs is 5. The summed E-state index contributed by atoms with van der Waals surface area (Å²) < 4.78 is 5.60. The van der Waals surface area contributed by atoms with Crippen molar-refractivity contribution in [3.05, 3.63) is 0 Å². The molecule has 156 valence electrons. The van der Waals surface area contributed by atoms with Crippen LogP contribution in [0.1, 0.15) is 65.7 Å². The number of aliphatic hydroxyl groups excluding tert-OH is 2. The van der Waals surface area contributed by atoms with Gasteiger partial charge >= 0.3 is 5.97 Å². The Morgan fingerprint density at radius 2 is 1.79 bits per heavy atom. The highest BCUT2D eigenvalue weighted by atomic mass is 16.6. The van der Waals surface area contributed by atoms with Crippen molar-refractivity contribution in [3.8, 4) is 12.3 Å². The minimum Gasteiger partial charge on any atom is -0.459 e. The Morgan fingerprint density at radius 1 is 1.07 bits per heavy atom. The van der Waals surface area contributed by atoms with Gasteiger partial charge in [-0.3, -0.25) is 4.79 Å². The highest BCUT2D eigenvalue weighted by Crippen LogP contribution is 2.68. The highest BCUT2D eigenvalue weighted by molar-refractivity contribution is 5.66. The van der Waals surface area contributed by atoms with Crippen molar-refractivity contribution in [3.63, 3.8) is 0 Å². The van der Waals surface area contributed by atoms with Crippen LogP contribution in [-0.2, 0) is 9.53 Å². The summed E-state index contributed by atoms with van der Waals surface area (Å²) in [4.78, 5) is 11.6. The molecule has 0 saturated heterocycles. The summed E-state index contributed by atoms with van der Waals surface area (Å²) in [5.74, 6) is 3.39. The van der Waals surface area contributed by atoms with Crippen molar-refractivity contribution in [2.24, 2.45) is 34.5 Å². The summed E-state index contributed by atoms with van der Waals surface area (Å²) >= 11 is 0. The first-order valence-electron chi connectivity index (χ1n) is 10.8. The Morgan fingerprint density at radius 3 is 2.43 bits per heavy atom. The van der Waals surface area contributed by atoms with Crippen LogP contribution >= 0.6 is 0 Å². The lowest BCUT2D eigenvalue weighted by Crippen LogP contribution is -2.60. The number of esters is 1. The molecule has 10 atom stereocenters. The number of ether oxygens (including phenoxy) is 1. The predicted octanol–water partition coefficient (Wildman–Crippen LogP) is 2.27. The van der Waals surface area contributed by atoms with Crippen LogP contribution in [-0.4, -0.2) is 45.2 Å². The number of rotatable bonds is 1. The molecular weight excluding hydrogens is 356 g/mol. The first kappa shape index (κ1) is 20.2. The van der Waals surface area contributed by atoms with Gasteiger partial charge in [0.15, 0.2) is 5.60 Å². The van der Waals surface area contributed by atoms with Crippen LogP contribution in [0.25, 0.3) is 0 Å². The summed E-state index contributed by atoms with van der Waals surface area (Å²) in [6.45, 7) is 5.78. The van der Waals surface area contributed by atoms with Gasteiger partial charge in [0.2, 0.25) is 0 Å². The number of carbonyl (C=O) groups excluding carboxylic acids is 1. The Hall–Kier alpha value is -1.09. The van der Waals surface area contributed by atoms with Crippen LogP contribution in [0.2, 0.25) is 0 Å². The maximum absolute atomic E-state index is 11.6. The molecule has 0 heterocycles. The number of aliphatic hydroxyl groups is 3. The van der Waals surface area contributed by atoms with E-state index in [-0.39, 0.29) is 23.2 Å². The smallest absolute Gasteiger partial charge is 0.303 e. The molecule has 0 aliphatic heterocycles. The van der Waals surface area contributed by atoms with Gasteiger partial charge in [0.25, 0.3) is 0 Å². The third-order valence-corrected chi connectivity index (χ3v) is 9.44. The molecule has 4 fully saturated rings. The van der Waals surface area contributed by atoms with Gasteiger partial charge in [-0.25, -0.2) is 0 Å². The first-order chi connectivity index (χ1) is 13.1. The van der Waals surface area contributed by atoms with Crippen molar-refractivity contribution >= 4 is 5.97 Å². The SMILES string of the molecule is C#C[C@]1(O)[C@H](O)C[C@H]2[C@@H]3CCC4[C@H](OC(C)=O)[C@@H](O)CC[C@]4(C)[C@H]3CC[C@@]21C. The average Bonchev–Trinajstić information content (AvgIpc) is 2.85. The molecule has 4 aliphatic rings. The predicted molar refractivity (Wildman–Crippen MR) is 104 cm³/mol. The van der Waals surface area contributed by atoms with E-state index in [1.165, 1.54) is 6.92 Å². The van der Waals surface area contributed by atoms with E-state index >= 15 is 0 Å². The zero-order chi connectivity index (χ0) is 20.5. The second-order valence-corrected chi connectivity index (χ2v) is 10.4. The van der Waals surface area contributed by atoms with Crippen molar-refractivity contribution < 1.29 is 24.9 Å². The third-order valence-electron chi connectivity index (χ3n) is 9.44. The van der Waals surface area contributed by atoms with Crippen molar-refractivity contribution in [2.75, 3.05) is 0 Å². The topological polar surface area (TPSA) is 87.0 Å². The molecule has 0 bridgehead atoms. The fourth-order valence-corrected chi connectivity index (χ4v) is 7.92. The Kier molecular flexibility index (Phi) is 4.65. The summed E-state index contributed by atoms with van der Waals surface area (Å²) in [5, 5.41) is 32.3. The second-order valence-electron chi connectivity index (χ2n) is 10.4. The van der Waals surface area contributed by atoms with E-state index in [0.717, 1.165) is 32.1 Å². The number of hydrogen-bond acceptors (Lipinski definition) is 5. The highest BCUT2D eigenvalue weighted by Gasteiger charge is 2.68. The van der Waals surface area contributed by atoms with Crippen LogP contribution in [0.15, 0.2) is 0 Å². The quantitative estimate of drug-likeness (QED) is 0.472. The lowest BCUT2D eigenvalue weighted by molar-refractivity contribution is -0.199. The van der Waals surface area contributed by atoms with Crippen molar-refractivity contribution in [1.29, 1.82) is 0 Å². The van der Waals surface area contributed by atoms with Crippen LogP contribution in [0.5, 0.6) is 0 Å². The normalized spacial score (nSPS) is 55.4. The third kappa shape index (κ3) is 2.47. The molecule has 0 aromatic carbocycles. The molecule has 5 nitrogen and oxygen atoms in total. The van der Waals surface area contributed by atoms with E-state index in [1.807, 2.05) is 0 Å². The summed E-state index contributed by atoms with van der Waals surface area (Å²) in [6.07, 6.45) is 9.51. The van der Waals surface area contributed by atoms with Crippen LogP contribution < -0.4 is 0 Å². The molecule has 3 N–H and O–H groups in total. The van der Waals surface area contributed by atoms with E-state index < -0.39 is 29.3 Å². The van der Waals surface area contributed by atoms with E-state index in [9.17, 15) is 20.1 Å². The van der Waals surface area contributed by atoms with E-state index in [4.69, 9.17) is 11.2 Å². The average molecular weight is 391 g/mol. The Labute approximate surface area is 167 Å². The van der Waals surface area contributed by atoms with Gasteiger partial charge in [-0.2, -0.15) is 0 Å². The minimum atomic E-state index is -1.45. The van der Waals surface area contributed by atoms with Gasteiger partial charge in [-0.15, -0.1) is 6.42 Å². The molecule has 5 heteroatoms. The molecule has 0 spiro atoms. The van der Waals surface area contributed by atoms with Crippen LogP contribution in [0.4, 0.5) is 0 Å². The van der Waals surface area contributed by atoms with E-state index in [0.29, 0.717) is 24.7 Å². The maximum atomic E-state index is 11.6. The van der Waals surface area contributed by atoms with Crippen LogP contribution in [0.3, 0.4) is 0 Å². The molecule has 0 amide bonds. The standard InChI is InChI=1S/C23H34O5/c1-5-23(27)19(26)12-17-14-6-7-16-20(28-13(2)24)18(25)9-10-21(16,3)15(14)8-11-22(17,23)4/h1,14-20,25-27H,6-12H2,2-4H3/t14-,15+,16?,17+,18+,19-,20+,21-,22+,23+/m1/s1. The van der Waals surface area contributed by atoms with Gasteiger partial charge in [0.1, 0.15) is 6.10 Å². The lowest BCUT2D eigenvalue weighted by Gasteiger charge is -2.62. The van der Waals surface area contributed by atoms with Crippen molar-refractivity contribution in [2.45, 2.75) is 89.6 Å². The first-order valence-corrected chi connectivity index (χ1v) is 10.8. The van der Waals surface area contributed by atoms with Gasteiger partial charge in [-0.1, -0.05) is 19.8 Å². The van der Waals surface area contributed by atoms with Gasteiger partial charge in [0, 0.05) is 18.3 Å². The molecular formula is C23H34O5. The molecule has 0 aromatic heterocycles. The fourth-order valence-electron chi connectivity index (χ4n) is 7.92. The summed E-state index contributed by atoms with van der Waals surface area (Å²) in [7, 11) is 0. The summed E-state index contributed by atoms with van der Waals surface area (Å²) in [5.41, 5.74) is -1.93. The molecule has 0 aromatic rings. The van der Waals surface area contributed by atoms with E-state index in [2.05, 4.69) is 19.8 Å². The van der Waals surface area contributed by atoms with Gasteiger partial charge < -0.3 is 20.1 Å². The number of carbonyl (C=O) groups is 1. The minimum absolute atomic E-state index is 0.00854. The second kappa shape index (κ2) is 6.45. The molecule has 4 saturated carbocycles. The molecule has 0 radical (unpaired) electrons. The summed E-state index contributed by atoms with van der Waals surface area (Å²) in [6, 6.07) is 0. The largest absolute Gasteiger partial charge is 0.459 e. The van der Waals surface area contributed by atoms with Crippen molar-refractivity contribution in [1.82, 2.24) is 0 Å².